The van der Waals surface area contributed by atoms with Gasteiger partial charge in [-0.1, -0.05) is 25.1 Å². The van der Waals surface area contributed by atoms with E-state index < -0.39 is 0 Å². The maximum Gasteiger partial charge on any atom is 0.260 e. The number of hydrogen-bond acceptors (Lipinski definition) is 4. The van der Waals surface area contributed by atoms with Crippen molar-refractivity contribution < 1.29 is 14.3 Å². The number of rotatable bonds is 9. The van der Waals surface area contributed by atoms with Crippen molar-refractivity contribution in [3.8, 4) is 5.75 Å². The number of carbonyl (C=O) groups is 2. The van der Waals surface area contributed by atoms with E-state index in [2.05, 4.69) is 17.6 Å². The molecule has 2 aliphatic heterocycles. The van der Waals surface area contributed by atoms with Crippen LogP contribution < -0.4 is 15.4 Å². The quantitative estimate of drug-likeness (QED) is 0.640. The highest BCUT2D eigenvalue weighted by molar-refractivity contribution is 5.85. The van der Waals surface area contributed by atoms with Gasteiger partial charge in [0.05, 0.1) is 6.04 Å². The molecule has 6 nitrogen and oxygen atoms in total. The number of para-hydroxylation sites is 1. The van der Waals surface area contributed by atoms with Crippen molar-refractivity contribution in [3.63, 3.8) is 0 Å². The first-order valence-corrected chi connectivity index (χ1v) is 10.7. The third kappa shape index (κ3) is 6.89. The van der Waals surface area contributed by atoms with Gasteiger partial charge >= 0.3 is 0 Å². The van der Waals surface area contributed by atoms with Crippen LogP contribution in [0.15, 0.2) is 24.3 Å². The fraction of sp³-hybridized carbons (Fsp3) is 0.636. The number of nitrogens with one attached hydrogen (secondary N) is 2. The number of nitrogens with zero attached hydrogens (tertiary/aromatic N) is 1. The lowest BCUT2D eigenvalue weighted by Gasteiger charge is -2.22. The van der Waals surface area contributed by atoms with Gasteiger partial charge in [-0.25, -0.2) is 0 Å². The van der Waals surface area contributed by atoms with Gasteiger partial charge in [0.1, 0.15) is 5.75 Å². The number of benzene rings is 1. The zero-order valence-electron chi connectivity index (χ0n) is 17.3. The summed E-state index contributed by atoms with van der Waals surface area (Å²) in [6.45, 7) is 5.84. The molecule has 29 heavy (non-hydrogen) atoms. The Labute approximate surface area is 180 Å². The van der Waals surface area contributed by atoms with Crippen LogP contribution in [0.1, 0.15) is 57.1 Å². The highest BCUT2D eigenvalue weighted by Gasteiger charge is 2.21. The minimum absolute atomic E-state index is 0. The second kappa shape index (κ2) is 12.0. The molecular weight excluding hydrogens is 390 g/mol. The fourth-order valence-electron chi connectivity index (χ4n) is 4.06. The molecule has 2 fully saturated rings. The molecule has 7 heteroatoms. The normalized spacial score (nSPS) is 19.5. The van der Waals surface area contributed by atoms with Gasteiger partial charge in [-0.05, 0) is 57.2 Å². The molecule has 0 aromatic heterocycles. The Morgan fingerprint density at radius 3 is 2.72 bits per heavy atom. The lowest BCUT2D eigenvalue weighted by atomic mass is 10.0. The monoisotopic (exact) mass is 423 g/mol. The molecule has 0 radical (unpaired) electrons. The summed E-state index contributed by atoms with van der Waals surface area (Å²) >= 11 is 0. The van der Waals surface area contributed by atoms with Crippen LogP contribution >= 0.6 is 12.4 Å². The van der Waals surface area contributed by atoms with E-state index >= 15 is 0 Å². The van der Waals surface area contributed by atoms with Crippen LogP contribution in [0.4, 0.5) is 0 Å². The lowest BCUT2D eigenvalue weighted by molar-refractivity contribution is -0.132. The van der Waals surface area contributed by atoms with Crippen molar-refractivity contribution in [1.29, 1.82) is 0 Å². The minimum atomic E-state index is -0.104. The third-order valence-corrected chi connectivity index (χ3v) is 5.79. The van der Waals surface area contributed by atoms with Crippen molar-refractivity contribution >= 4 is 24.2 Å². The number of amides is 2. The number of likely N-dealkylation sites (tertiary alicyclic amines) is 1. The maximum absolute atomic E-state index is 12.5. The molecule has 2 aliphatic rings. The first kappa shape index (κ1) is 23.5. The number of ether oxygens (including phenoxy) is 1. The lowest BCUT2D eigenvalue weighted by Crippen LogP contribution is -2.32. The summed E-state index contributed by atoms with van der Waals surface area (Å²) in [5.74, 6) is 1.41. The average molecular weight is 424 g/mol. The Morgan fingerprint density at radius 2 is 2.03 bits per heavy atom. The summed E-state index contributed by atoms with van der Waals surface area (Å²) in [6.07, 6.45) is 5.56. The molecule has 162 valence electrons. The number of hydrogen-bond donors (Lipinski definition) is 2. The molecule has 0 saturated carbocycles. The molecule has 1 aromatic carbocycles. The molecule has 3 rings (SSSR count). The van der Waals surface area contributed by atoms with Crippen molar-refractivity contribution in [2.75, 3.05) is 32.8 Å². The van der Waals surface area contributed by atoms with Gasteiger partial charge in [-0.15, -0.1) is 12.4 Å². The topological polar surface area (TPSA) is 70.7 Å². The van der Waals surface area contributed by atoms with Gasteiger partial charge in [-0.2, -0.15) is 0 Å². The molecule has 0 bridgehead atoms. The van der Waals surface area contributed by atoms with Crippen LogP contribution in [0.25, 0.3) is 0 Å². The van der Waals surface area contributed by atoms with Crippen LogP contribution in [0.5, 0.6) is 5.75 Å². The third-order valence-electron chi connectivity index (χ3n) is 5.79. The van der Waals surface area contributed by atoms with Crippen LogP contribution in [-0.2, 0) is 9.59 Å². The largest absolute Gasteiger partial charge is 0.483 e. The van der Waals surface area contributed by atoms with E-state index in [-0.39, 0.29) is 36.9 Å². The molecule has 2 unspecified atom stereocenters. The summed E-state index contributed by atoms with van der Waals surface area (Å²) in [7, 11) is 0. The molecule has 0 aliphatic carbocycles. The van der Waals surface area contributed by atoms with Gasteiger partial charge < -0.3 is 20.3 Å². The first-order chi connectivity index (χ1) is 13.7. The standard InChI is InChI=1S/C22H33N3O3.ClH/c1-2-19(24-21(26)10-9-17-11-12-23-15-17)18-7-3-4-8-20(18)28-16-22(27)25-13-5-6-14-25;/h3-4,7-8,17,19,23H,2,5-6,9-16H2,1H3,(H,24,26);1H. The molecule has 1 aromatic rings. The zero-order valence-corrected chi connectivity index (χ0v) is 18.1. The molecule has 2 saturated heterocycles. The number of halogens is 1. The van der Waals surface area contributed by atoms with E-state index in [0.29, 0.717) is 18.1 Å². The van der Waals surface area contributed by atoms with Crippen molar-refractivity contribution in [2.45, 2.75) is 51.5 Å². The Kier molecular flexibility index (Phi) is 9.74. The molecule has 2 heterocycles. The predicted octanol–water partition coefficient (Wildman–Crippen LogP) is 3.07. The summed E-state index contributed by atoms with van der Waals surface area (Å²) in [5.41, 5.74) is 0.940. The van der Waals surface area contributed by atoms with Crippen molar-refractivity contribution in [3.05, 3.63) is 29.8 Å². The first-order valence-electron chi connectivity index (χ1n) is 10.7. The highest BCUT2D eigenvalue weighted by Crippen LogP contribution is 2.27. The fourth-order valence-corrected chi connectivity index (χ4v) is 4.06. The van der Waals surface area contributed by atoms with Gasteiger partial charge in [0, 0.05) is 25.1 Å². The highest BCUT2D eigenvalue weighted by atomic mass is 35.5. The summed E-state index contributed by atoms with van der Waals surface area (Å²) in [5, 5.41) is 6.50. The summed E-state index contributed by atoms with van der Waals surface area (Å²) in [6, 6.07) is 7.60. The van der Waals surface area contributed by atoms with E-state index in [0.717, 1.165) is 63.8 Å². The second-order valence-corrected chi connectivity index (χ2v) is 7.84. The van der Waals surface area contributed by atoms with Crippen molar-refractivity contribution in [2.24, 2.45) is 5.92 Å². The van der Waals surface area contributed by atoms with Crippen LogP contribution in [0, 0.1) is 5.92 Å². The molecule has 2 N–H and O–H groups in total. The van der Waals surface area contributed by atoms with Crippen LogP contribution in [-0.4, -0.2) is 49.5 Å². The van der Waals surface area contributed by atoms with E-state index in [9.17, 15) is 9.59 Å². The van der Waals surface area contributed by atoms with E-state index in [1.807, 2.05) is 29.2 Å². The van der Waals surface area contributed by atoms with Crippen LogP contribution in [0.2, 0.25) is 0 Å². The summed E-state index contributed by atoms with van der Waals surface area (Å²) in [4.78, 5) is 26.6. The van der Waals surface area contributed by atoms with E-state index in [4.69, 9.17) is 4.74 Å². The Balaban J connectivity index is 0.00000300. The Morgan fingerprint density at radius 1 is 1.28 bits per heavy atom. The van der Waals surface area contributed by atoms with E-state index in [1.165, 1.54) is 0 Å². The zero-order chi connectivity index (χ0) is 19.8. The maximum atomic E-state index is 12.5. The van der Waals surface area contributed by atoms with Gasteiger partial charge in [0.15, 0.2) is 6.61 Å². The van der Waals surface area contributed by atoms with Crippen LogP contribution in [0.3, 0.4) is 0 Å². The molecule has 2 atom stereocenters. The predicted molar refractivity (Wildman–Crippen MR) is 116 cm³/mol. The molecule has 2 amide bonds. The minimum Gasteiger partial charge on any atom is -0.483 e. The smallest absolute Gasteiger partial charge is 0.260 e. The summed E-state index contributed by atoms with van der Waals surface area (Å²) < 4.78 is 5.87. The Bertz CT molecular complexity index is 658. The molecular formula is C22H34ClN3O3. The van der Waals surface area contributed by atoms with Crippen molar-refractivity contribution in [1.82, 2.24) is 15.5 Å². The molecule has 0 spiro atoms. The van der Waals surface area contributed by atoms with E-state index in [1.54, 1.807) is 0 Å². The van der Waals surface area contributed by atoms with Gasteiger partial charge in [0.25, 0.3) is 5.91 Å². The average Bonchev–Trinajstić information content (AvgIpc) is 3.43. The number of carbonyl (C=O) groups excluding carboxylic acids is 2. The van der Waals surface area contributed by atoms with Gasteiger partial charge in [0.2, 0.25) is 5.91 Å². The Hall–Kier alpha value is -1.79. The SMILES string of the molecule is CCC(NC(=O)CCC1CCNC1)c1ccccc1OCC(=O)N1CCCC1.Cl. The van der Waals surface area contributed by atoms with Gasteiger partial charge in [-0.3, -0.25) is 9.59 Å². The second-order valence-electron chi connectivity index (χ2n) is 7.84.